The van der Waals surface area contributed by atoms with Gasteiger partial charge in [0.15, 0.2) is 0 Å². The Kier molecular flexibility index (Phi) is 3.43. The van der Waals surface area contributed by atoms with Crippen LogP contribution < -0.4 is 0 Å². The van der Waals surface area contributed by atoms with Crippen molar-refractivity contribution in [3.63, 3.8) is 0 Å². The van der Waals surface area contributed by atoms with Crippen LogP contribution in [-0.4, -0.2) is 22.5 Å². The minimum absolute atomic E-state index is 0.0742. The van der Waals surface area contributed by atoms with E-state index in [1.54, 1.807) is 6.07 Å². The molecule has 1 amide bonds. The molecule has 0 radical (unpaired) electrons. The Morgan fingerprint density at radius 3 is 3.07 bits per heavy atom. The van der Waals surface area contributed by atoms with Gasteiger partial charge in [-0.3, -0.25) is 4.79 Å². The number of thioether (sulfide) groups is 2. The third kappa shape index (κ3) is 3.07. The quantitative estimate of drug-likeness (QED) is 0.762. The van der Waals surface area contributed by atoms with Gasteiger partial charge in [0.25, 0.3) is 5.91 Å². The third-order valence-corrected chi connectivity index (χ3v) is 3.92. The number of hydrogen-bond donors (Lipinski definition) is 0. The molecule has 0 N–H and O–H groups in total. The molecule has 0 spiro atoms. The van der Waals surface area contributed by atoms with E-state index in [9.17, 15) is 9.18 Å². The number of aliphatic imine (C=N–C) groups is 1. The standard InChI is InChI=1S/C10H8FNOS2/c11-7-2-1-3-8(4-7)14-6-10-12-9(13)5-15-10/h1-4H,5-6H2. The highest BCUT2D eigenvalue weighted by molar-refractivity contribution is 8.17. The Balaban J connectivity index is 1.93. The van der Waals surface area contributed by atoms with Crippen molar-refractivity contribution in [2.75, 3.05) is 11.5 Å². The van der Waals surface area contributed by atoms with E-state index >= 15 is 0 Å². The van der Waals surface area contributed by atoms with Crippen LogP contribution >= 0.6 is 23.5 Å². The van der Waals surface area contributed by atoms with E-state index in [-0.39, 0.29) is 11.7 Å². The van der Waals surface area contributed by atoms with Gasteiger partial charge in [-0.2, -0.15) is 0 Å². The largest absolute Gasteiger partial charge is 0.272 e. The van der Waals surface area contributed by atoms with E-state index in [1.165, 1.54) is 35.7 Å². The fourth-order valence-electron chi connectivity index (χ4n) is 1.12. The maximum atomic E-state index is 12.8. The molecule has 0 saturated carbocycles. The molecule has 1 heterocycles. The average molecular weight is 241 g/mol. The minimum Gasteiger partial charge on any atom is -0.272 e. The van der Waals surface area contributed by atoms with Crippen molar-refractivity contribution < 1.29 is 9.18 Å². The van der Waals surface area contributed by atoms with Crippen molar-refractivity contribution in [2.24, 2.45) is 4.99 Å². The molecule has 1 aromatic rings. The van der Waals surface area contributed by atoms with Crippen molar-refractivity contribution in [3.8, 4) is 0 Å². The molecule has 0 fully saturated rings. The normalized spacial score (nSPS) is 15.5. The highest BCUT2D eigenvalue weighted by Gasteiger charge is 2.14. The Bertz CT molecular complexity index is 420. The van der Waals surface area contributed by atoms with Crippen LogP contribution in [0.1, 0.15) is 0 Å². The van der Waals surface area contributed by atoms with Crippen LogP contribution in [0, 0.1) is 5.82 Å². The lowest BCUT2D eigenvalue weighted by Crippen LogP contribution is -1.92. The van der Waals surface area contributed by atoms with Gasteiger partial charge in [0, 0.05) is 10.6 Å². The molecule has 5 heteroatoms. The van der Waals surface area contributed by atoms with Crippen molar-refractivity contribution in [1.82, 2.24) is 0 Å². The third-order valence-electron chi connectivity index (χ3n) is 1.77. The number of benzene rings is 1. The zero-order chi connectivity index (χ0) is 10.7. The van der Waals surface area contributed by atoms with Gasteiger partial charge < -0.3 is 0 Å². The van der Waals surface area contributed by atoms with E-state index in [0.29, 0.717) is 11.5 Å². The number of rotatable bonds is 3. The molecule has 15 heavy (non-hydrogen) atoms. The van der Waals surface area contributed by atoms with Crippen molar-refractivity contribution in [2.45, 2.75) is 4.90 Å². The van der Waals surface area contributed by atoms with Crippen LogP contribution in [0.4, 0.5) is 4.39 Å². The van der Waals surface area contributed by atoms with Gasteiger partial charge in [-0.05, 0) is 18.2 Å². The topological polar surface area (TPSA) is 29.4 Å². The molecular weight excluding hydrogens is 233 g/mol. The first kappa shape index (κ1) is 10.7. The van der Waals surface area contributed by atoms with Gasteiger partial charge in [-0.1, -0.05) is 17.8 Å². The Morgan fingerprint density at radius 1 is 1.53 bits per heavy atom. The monoisotopic (exact) mass is 241 g/mol. The maximum Gasteiger partial charge on any atom is 0.256 e. The summed E-state index contributed by atoms with van der Waals surface area (Å²) >= 11 is 2.95. The number of hydrogen-bond acceptors (Lipinski definition) is 3. The van der Waals surface area contributed by atoms with E-state index in [4.69, 9.17) is 0 Å². The first-order valence-electron chi connectivity index (χ1n) is 4.35. The first-order valence-corrected chi connectivity index (χ1v) is 6.33. The van der Waals surface area contributed by atoms with Crippen LogP contribution in [-0.2, 0) is 4.79 Å². The van der Waals surface area contributed by atoms with Crippen molar-refractivity contribution >= 4 is 34.5 Å². The lowest BCUT2D eigenvalue weighted by atomic mass is 10.4. The summed E-state index contributed by atoms with van der Waals surface area (Å²) < 4.78 is 12.8. The SMILES string of the molecule is O=C1CSC(CSc2cccc(F)c2)=N1. The van der Waals surface area contributed by atoms with E-state index in [2.05, 4.69) is 4.99 Å². The summed E-state index contributed by atoms with van der Waals surface area (Å²) in [6.07, 6.45) is 0. The number of nitrogens with zero attached hydrogens (tertiary/aromatic N) is 1. The van der Waals surface area contributed by atoms with Gasteiger partial charge >= 0.3 is 0 Å². The van der Waals surface area contributed by atoms with E-state index in [1.807, 2.05) is 6.07 Å². The summed E-state index contributed by atoms with van der Waals surface area (Å²) in [6, 6.07) is 6.41. The average Bonchev–Trinajstić information content (AvgIpc) is 2.62. The summed E-state index contributed by atoms with van der Waals surface area (Å²) in [4.78, 5) is 15.6. The maximum absolute atomic E-state index is 12.8. The summed E-state index contributed by atoms with van der Waals surface area (Å²) in [5.41, 5.74) is 0. The predicted octanol–water partition coefficient (Wildman–Crippen LogP) is 2.59. The molecule has 1 aliphatic heterocycles. The van der Waals surface area contributed by atoms with Gasteiger partial charge in [-0.25, -0.2) is 9.38 Å². The van der Waals surface area contributed by atoms with Crippen LogP contribution in [0.15, 0.2) is 34.2 Å². The first-order chi connectivity index (χ1) is 7.24. The lowest BCUT2D eigenvalue weighted by molar-refractivity contribution is -0.115. The van der Waals surface area contributed by atoms with Gasteiger partial charge in [0.05, 0.1) is 10.8 Å². The molecule has 0 aromatic heterocycles. The zero-order valence-corrected chi connectivity index (χ0v) is 9.41. The molecule has 0 bridgehead atoms. The molecule has 1 aromatic carbocycles. The molecule has 0 saturated heterocycles. The summed E-state index contributed by atoms with van der Waals surface area (Å²) in [7, 11) is 0. The highest BCUT2D eigenvalue weighted by atomic mass is 32.2. The molecule has 0 aliphatic carbocycles. The number of carbonyl (C=O) groups is 1. The number of halogens is 1. The Labute approximate surface area is 95.4 Å². The van der Waals surface area contributed by atoms with E-state index in [0.717, 1.165) is 9.94 Å². The van der Waals surface area contributed by atoms with Gasteiger partial charge in [0.1, 0.15) is 5.82 Å². The smallest absolute Gasteiger partial charge is 0.256 e. The van der Waals surface area contributed by atoms with Crippen LogP contribution in [0.3, 0.4) is 0 Å². The summed E-state index contributed by atoms with van der Waals surface area (Å²) in [5, 5.41) is 0.828. The minimum atomic E-state index is -0.239. The van der Waals surface area contributed by atoms with Crippen molar-refractivity contribution in [3.05, 3.63) is 30.1 Å². The fraction of sp³-hybridized carbons (Fsp3) is 0.200. The Morgan fingerprint density at radius 2 is 2.40 bits per heavy atom. The molecule has 78 valence electrons. The molecular formula is C10H8FNOS2. The van der Waals surface area contributed by atoms with Gasteiger partial charge in [0.2, 0.25) is 0 Å². The zero-order valence-electron chi connectivity index (χ0n) is 7.77. The molecule has 0 atom stereocenters. The van der Waals surface area contributed by atoms with Gasteiger partial charge in [-0.15, -0.1) is 11.8 Å². The lowest BCUT2D eigenvalue weighted by Gasteiger charge is -2.00. The summed E-state index contributed by atoms with van der Waals surface area (Å²) in [6.45, 7) is 0. The number of carbonyl (C=O) groups excluding carboxylic acids is 1. The Hall–Kier alpha value is -0.810. The number of amides is 1. The second-order valence-electron chi connectivity index (χ2n) is 2.93. The molecule has 2 nitrogen and oxygen atoms in total. The van der Waals surface area contributed by atoms with Crippen LogP contribution in [0.2, 0.25) is 0 Å². The summed E-state index contributed by atoms with van der Waals surface area (Å²) in [5.74, 6) is 0.769. The predicted molar refractivity (Wildman–Crippen MR) is 62.0 cm³/mol. The van der Waals surface area contributed by atoms with Crippen LogP contribution in [0.25, 0.3) is 0 Å². The molecule has 2 rings (SSSR count). The molecule has 1 aliphatic rings. The highest BCUT2D eigenvalue weighted by Crippen LogP contribution is 2.23. The molecule has 0 unspecified atom stereocenters. The fourth-order valence-corrected chi connectivity index (χ4v) is 2.88. The second-order valence-corrected chi connectivity index (χ2v) is 5.03. The second kappa shape index (κ2) is 4.81. The van der Waals surface area contributed by atoms with Crippen molar-refractivity contribution in [1.29, 1.82) is 0 Å². The van der Waals surface area contributed by atoms with Crippen LogP contribution in [0.5, 0.6) is 0 Å². The van der Waals surface area contributed by atoms with E-state index < -0.39 is 0 Å².